The summed E-state index contributed by atoms with van der Waals surface area (Å²) in [6, 6.07) is 1.51. The van der Waals surface area contributed by atoms with Crippen LogP contribution in [0.4, 0.5) is 5.69 Å². The summed E-state index contributed by atoms with van der Waals surface area (Å²) in [4.78, 5) is 13.8. The highest BCUT2D eigenvalue weighted by atomic mass is 16.6. The van der Waals surface area contributed by atoms with Gasteiger partial charge in [0, 0.05) is 25.4 Å². The van der Waals surface area contributed by atoms with Crippen molar-refractivity contribution < 1.29 is 9.66 Å². The van der Waals surface area contributed by atoms with Crippen LogP contribution in [-0.4, -0.2) is 29.1 Å². The molecule has 1 fully saturated rings. The van der Waals surface area contributed by atoms with E-state index >= 15 is 0 Å². The Kier molecular flexibility index (Phi) is 2.28. The molecule has 14 heavy (non-hydrogen) atoms. The van der Waals surface area contributed by atoms with Crippen molar-refractivity contribution in [3.63, 3.8) is 0 Å². The molecular formula is C8H9N3O3. The van der Waals surface area contributed by atoms with Gasteiger partial charge in [-0.25, -0.2) is 0 Å². The van der Waals surface area contributed by atoms with Crippen LogP contribution in [0.25, 0.3) is 0 Å². The van der Waals surface area contributed by atoms with E-state index in [2.05, 4.69) is 10.3 Å². The predicted octanol–water partition coefficient (Wildman–Crippen LogP) is 0.340. The number of hydrogen-bond acceptors (Lipinski definition) is 5. The van der Waals surface area contributed by atoms with Gasteiger partial charge in [-0.1, -0.05) is 0 Å². The number of pyridine rings is 1. The normalized spacial score (nSPS) is 16.0. The fourth-order valence-electron chi connectivity index (χ4n) is 1.14. The van der Waals surface area contributed by atoms with Gasteiger partial charge in [0.05, 0.1) is 4.92 Å². The van der Waals surface area contributed by atoms with E-state index in [4.69, 9.17) is 4.74 Å². The van der Waals surface area contributed by atoms with Crippen molar-refractivity contribution in [1.82, 2.24) is 10.3 Å². The average Bonchev–Trinajstić information content (AvgIpc) is 2.12. The molecule has 0 atom stereocenters. The number of aromatic nitrogens is 1. The Balaban J connectivity index is 2.17. The fourth-order valence-corrected chi connectivity index (χ4v) is 1.14. The number of nitrogens with one attached hydrogen (secondary N) is 1. The summed E-state index contributed by atoms with van der Waals surface area (Å²) in [6.07, 6.45) is 2.71. The van der Waals surface area contributed by atoms with Crippen LogP contribution in [0.5, 0.6) is 5.75 Å². The highest BCUT2D eigenvalue weighted by Gasteiger charge is 2.23. The van der Waals surface area contributed by atoms with Crippen molar-refractivity contribution in [3.8, 4) is 5.75 Å². The molecule has 1 aliphatic rings. The van der Waals surface area contributed by atoms with Gasteiger partial charge in [0.2, 0.25) is 5.75 Å². The number of hydrogen-bond donors (Lipinski definition) is 1. The summed E-state index contributed by atoms with van der Waals surface area (Å²) in [5.41, 5.74) is -0.0839. The molecule has 1 saturated heterocycles. The van der Waals surface area contributed by atoms with Crippen molar-refractivity contribution in [2.75, 3.05) is 13.1 Å². The average molecular weight is 195 g/mol. The molecule has 0 unspecified atom stereocenters. The van der Waals surface area contributed by atoms with E-state index in [0.717, 1.165) is 13.1 Å². The van der Waals surface area contributed by atoms with Crippen LogP contribution in [0.1, 0.15) is 0 Å². The predicted molar refractivity (Wildman–Crippen MR) is 48.2 cm³/mol. The molecule has 74 valence electrons. The summed E-state index contributed by atoms with van der Waals surface area (Å²) in [5.74, 6) is 0.288. The number of rotatable bonds is 3. The van der Waals surface area contributed by atoms with Crippen molar-refractivity contribution in [1.29, 1.82) is 0 Å². The third-order valence-corrected chi connectivity index (χ3v) is 2.00. The lowest BCUT2D eigenvalue weighted by molar-refractivity contribution is -0.386. The maximum absolute atomic E-state index is 10.6. The lowest BCUT2D eigenvalue weighted by Crippen LogP contribution is -2.50. The van der Waals surface area contributed by atoms with E-state index < -0.39 is 4.92 Å². The van der Waals surface area contributed by atoms with E-state index in [1.54, 1.807) is 0 Å². The molecule has 0 radical (unpaired) electrons. The largest absolute Gasteiger partial charge is 0.481 e. The molecule has 1 N–H and O–H groups in total. The van der Waals surface area contributed by atoms with E-state index in [9.17, 15) is 10.1 Å². The number of ether oxygens (including phenoxy) is 1. The Hall–Kier alpha value is -1.69. The SMILES string of the molecule is O=[N+]([O-])c1cnccc1OC1CNC1. The molecule has 0 aromatic carbocycles. The van der Waals surface area contributed by atoms with Gasteiger partial charge in [0.25, 0.3) is 0 Å². The zero-order chi connectivity index (χ0) is 9.97. The summed E-state index contributed by atoms with van der Waals surface area (Å²) >= 11 is 0. The van der Waals surface area contributed by atoms with Crippen LogP contribution in [0.3, 0.4) is 0 Å². The van der Waals surface area contributed by atoms with Crippen LogP contribution in [0.2, 0.25) is 0 Å². The van der Waals surface area contributed by atoms with Gasteiger partial charge in [-0.3, -0.25) is 15.1 Å². The smallest absolute Gasteiger partial charge is 0.329 e. The molecule has 0 amide bonds. The Bertz CT molecular complexity index is 351. The molecule has 0 spiro atoms. The second-order valence-corrected chi connectivity index (χ2v) is 3.00. The topological polar surface area (TPSA) is 77.3 Å². The van der Waals surface area contributed by atoms with Crippen LogP contribution in [0.15, 0.2) is 18.5 Å². The summed E-state index contributed by atoms with van der Waals surface area (Å²) < 4.78 is 5.40. The van der Waals surface area contributed by atoms with Gasteiger partial charge in [0.15, 0.2) is 0 Å². The van der Waals surface area contributed by atoms with Crippen LogP contribution in [0, 0.1) is 10.1 Å². The third-order valence-electron chi connectivity index (χ3n) is 2.00. The molecule has 0 saturated carbocycles. The first-order chi connectivity index (χ1) is 6.77. The monoisotopic (exact) mass is 195 g/mol. The van der Waals surface area contributed by atoms with Gasteiger partial charge in [-0.05, 0) is 0 Å². The molecule has 2 heterocycles. The zero-order valence-corrected chi connectivity index (χ0v) is 7.34. The molecule has 2 rings (SSSR count). The minimum Gasteiger partial charge on any atom is -0.481 e. The first-order valence-electron chi connectivity index (χ1n) is 4.23. The third kappa shape index (κ3) is 1.64. The standard InChI is InChI=1S/C8H9N3O3/c12-11(13)7-5-9-2-1-8(7)14-6-3-10-4-6/h1-2,5-6,10H,3-4H2. The highest BCUT2D eigenvalue weighted by Crippen LogP contribution is 2.26. The van der Waals surface area contributed by atoms with Gasteiger partial charge in [0.1, 0.15) is 12.3 Å². The van der Waals surface area contributed by atoms with E-state index in [1.165, 1.54) is 18.5 Å². The van der Waals surface area contributed by atoms with E-state index in [-0.39, 0.29) is 17.5 Å². The van der Waals surface area contributed by atoms with Crippen LogP contribution in [-0.2, 0) is 0 Å². The Morgan fingerprint density at radius 2 is 2.43 bits per heavy atom. The minimum atomic E-state index is -0.492. The molecule has 6 heteroatoms. The summed E-state index contributed by atoms with van der Waals surface area (Å²) in [5, 5.41) is 13.6. The molecule has 0 bridgehead atoms. The molecule has 1 aliphatic heterocycles. The molecule has 1 aromatic heterocycles. The lowest BCUT2D eigenvalue weighted by Gasteiger charge is -2.27. The quantitative estimate of drug-likeness (QED) is 0.555. The van der Waals surface area contributed by atoms with Crippen LogP contribution >= 0.6 is 0 Å². The van der Waals surface area contributed by atoms with Crippen molar-refractivity contribution in [3.05, 3.63) is 28.6 Å². The van der Waals surface area contributed by atoms with Gasteiger partial charge < -0.3 is 10.1 Å². The Morgan fingerprint density at radius 3 is 3.00 bits per heavy atom. The highest BCUT2D eigenvalue weighted by molar-refractivity contribution is 5.43. The number of nitrogens with zero attached hydrogens (tertiary/aromatic N) is 2. The van der Waals surface area contributed by atoms with E-state index in [1.807, 2.05) is 0 Å². The maximum atomic E-state index is 10.6. The molecule has 1 aromatic rings. The van der Waals surface area contributed by atoms with Gasteiger partial charge >= 0.3 is 5.69 Å². The van der Waals surface area contributed by atoms with Crippen molar-refractivity contribution >= 4 is 5.69 Å². The molecule has 0 aliphatic carbocycles. The van der Waals surface area contributed by atoms with Crippen LogP contribution < -0.4 is 10.1 Å². The fraction of sp³-hybridized carbons (Fsp3) is 0.375. The Morgan fingerprint density at radius 1 is 1.64 bits per heavy atom. The second-order valence-electron chi connectivity index (χ2n) is 3.00. The summed E-state index contributed by atoms with van der Waals surface area (Å²) in [6.45, 7) is 1.47. The summed E-state index contributed by atoms with van der Waals surface area (Å²) in [7, 11) is 0. The van der Waals surface area contributed by atoms with Crippen molar-refractivity contribution in [2.45, 2.75) is 6.10 Å². The second kappa shape index (κ2) is 3.59. The Labute approximate surface area is 80.1 Å². The van der Waals surface area contributed by atoms with E-state index in [0.29, 0.717) is 0 Å². The van der Waals surface area contributed by atoms with Gasteiger partial charge in [-0.15, -0.1) is 0 Å². The number of nitro groups is 1. The zero-order valence-electron chi connectivity index (χ0n) is 7.34. The molecular weight excluding hydrogens is 186 g/mol. The lowest BCUT2D eigenvalue weighted by atomic mass is 10.2. The minimum absolute atomic E-state index is 0.0381. The van der Waals surface area contributed by atoms with Gasteiger partial charge in [-0.2, -0.15) is 0 Å². The first-order valence-corrected chi connectivity index (χ1v) is 4.23. The molecule has 6 nitrogen and oxygen atoms in total. The maximum Gasteiger partial charge on any atom is 0.329 e. The first kappa shape index (κ1) is 8.89. The van der Waals surface area contributed by atoms with Crippen molar-refractivity contribution in [2.24, 2.45) is 0 Å².